The molecule has 0 unspecified atom stereocenters. The number of rotatable bonds is 8. The number of benzene rings is 8. The maximum atomic E-state index is 6.44. The summed E-state index contributed by atoms with van der Waals surface area (Å²) in [5, 5.41) is 4.43. The van der Waals surface area contributed by atoms with E-state index >= 15 is 0 Å². The van der Waals surface area contributed by atoms with Gasteiger partial charge in [0.05, 0.1) is 0 Å². The molecule has 4 heteroatoms. The smallest absolute Gasteiger partial charge is 0.137 e. The monoisotopic (exact) mass is 710 g/mol. The molecule has 0 saturated heterocycles. The minimum absolute atomic E-state index is 0.331. The molecule has 0 amide bonds. The third-order valence-electron chi connectivity index (χ3n) is 10.9. The molecule has 2 heterocycles. The van der Waals surface area contributed by atoms with Crippen molar-refractivity contribution in [2.24, 2.45) is 0 Å². The fourth-order valence-electron chi connectivity index (χ4n) is 7.99. The van der Waals surface area contributed by atoms with Gasteiger partial charge in [-0.05, 0) is 90.0 Å². The Kier molecular flexibility index (Phi) is 7.77. The molecule has 264 valence electrons. The Labute approximate surface area is 320 Å². The summed E-state index contributed by atoms with van der Waals surface area (Å²) in [6, 6.07) is 68.6. The molecule has 55 heavy (non-hydrogen) atoms. The molecule has 10 aromatic rings. The molecule has 0 saturated carbocycles. The molecule has 0 aliphatic carbocycles. The van der Waals surface area contributed by atoms with Crippen molar-refractivity contribution in [2.75, 3.05) is 9.80 Å². The highest BCUT2D eigenvalue weighted by molar-refractivity contribution is 6.07. The van der Waals surface area contributed by atoms with Gasteiger partial charge in [-0.3, -0.25) is 0 Å². The van der Waals surface area contributed by atoms with E-state index in [2.05, 4.69) is 194 Å². The van der Waals surface area contributed by atoms with Crippen molar-refractivity contribution in [1.29, 1.82) is 0 Å². The van der Waals surface area contributed by atoms with Crippen LogP contribution >= 0.6 is 0 Å². The summed E-state index contributed by atoms with van der Waals surface area (Å²) in [7, 11) is 0. The van der Waals surface area contributed by atoms with Crippen LogP contribution in [0, 0.1) is 0 Å². The second-order valence-corrected chi connectivity index (χ2v) is 14.6. The van der Waals surface area contributed by atoms with Crippen LogP contribution in [0.3, 0.4) is 0 Å². The van der Waals surface area contributed by atoms with Crippen LogP contribution in [0.4, 0.5) is 34.1 Å². The summed E-state index contributed by atoms with van der Waals surface area (Å²) in [5.41, 5.74) is 11.7. The molecule has 0 spiro atoms. The number of fused-ring (bicyclic) bond motifs is 6. The summed E-state index contributed by atoms with van der Waals surface area (Å²) in [6.07, 6.45) is 0. The minimum Gasteiger partial charge on any atom is -0.456 e. The lowest BCUT2D eigenvalue weighted by atomic mass is 9.77. The number of hydrogen-bond donors (Lipinski definition) is 0. The lowest BCUT2D eigenvalue weighted by Crippen LogP contribution is -2.21. The van der Waals surface area contributed by atoms with Gasteiger partial charge in [0, 0.05) is 73.2 Å². The average molecular weight is 711 g/mol. The van der Waals surface area contributed by atoms with Crippen LogP contribution in [0.5, 0.6) is 0 Å². The first-order valence-electron chi connectivity index (χ1n) is 18.8. The van der Waals surface area contributed by atoms with Crippen molar-refractivity contribution in [3.05, 3.63) is 205 Å². The highest BCUT2D eigenvalue weighted by atomic mass is 16.3. The van der Waals surface area contributed by atoms with Crippen molar-refractivity contribution in [3.8, 4) is 0 Å². The number of furan rings is 2. The first-order valence-corrected chi connectivity index (χ1v) is 18.8. The van der Waals surface area contributed by atoms with E-state index in [-0.39, 0.29) is 5.41 Å². The summed E-state index contributed by atoms with van der Waals surface area (Å²) in [5.74, 6) is 0. The number of nitrogens with zero attached hydrogens (tertiary/aromatic N) is 2. The normalized spacial score (nSPS) is 11.8. The third-order valence-corrected chi connectivity index (χ3v) is 10.9. The van der Waals surface area contributed by atoms with Crippen LogP contribution in [0.2, 0.25) is 0 Å². The van der Waals surface area contributed by atoms with Gasteiger partial charge in [-0.15, -0.1) is 0 Å². The highest BCUT2D eigenvalue weighted by Crippen LogP contribution is 2.46. The molecule has 0 aliphatic heterocycles. The molecular weight excluding hydrogens is 673 g/mol. The SMILES string of the molecule is CC(C)(c1ccccc1)c1cc(N(c2ccccc2)c2ccc3c(c2)oc2ccccc23)cc(N(c2ccccc2)c2ccc3c(c2)oc2ccccc23)c1. The van der Waals surface area contributed by atoms with E-state index < -0.39 is 0 Å². The molecule has 4 nitrogen and oxygen atoms in total. The topological polar surface area (TPSA) is 32.8 Å². The Bertz CT molecular complexity index is 2790. The molecule has 0 aliphatic rings. The Morgan fingerprint density at radius 2 is 0.709 bits per heavy atom. The number of anilines is 6. The van der Waals surface area contributed by atoms with Gasteiger partial charge in [0.1, 0.15) is 22.3 Å². The summed E-state index contributed by atoms with van der Waals surface area (Å²) in [6.45, 7) is 4.62. The second-order valence-electron chi connectivity index (χ2n) is 14.6. The first-order chi connectivity index (χ1) is 27.0. The molecule has 0 atom stereocenters. The Hall–Kier alpha value is -7.04. The highest BCUT2D eigenvalue weighted by Gasteiger charge is 2.28. The zero-order chi connectivity index (χ0) is 36.9. The molecular formula is C51H38N2O2. The maximum Gasteiger partial charge on any atom is 0.137 e. The van der Waals surface area contributed by atoms with Crippen molar-refractivity contribution >= 4 is 78.0 Å². The predicted molar refractivity (Wildman–Crippen MR) is 229 cm³/mol. The van der Waals surface area contributed by atoms with E-state index in [0.717, 1.165) is 78.0 Å². The summed E-state index contributed by atoms with van der Waals surface area (Å²) >= 11 is 0. The van der Waals surface area contributed by atoms with Crippen LogP contribution in [-0.2, 0) is 5.41 Å². The van der Waals surface area contributed by atoms with E-state index in [4.69, 9.17) is 8.83 Å². The van der Waals surface area contributed by atoms with Crippen molar-refractivity contribution < 1.29 is 8.83 Å². The van der Waals surface area contributed by atoms with Gasteiger partial charge in [0.25, 0.3) is 0 Å². The lowest BCUT2D eigenvalue weighted by molar-refractivity contribution is 0.641. The van der Waals surface area contributed by atoms with Crippen molar-refractivity contribution in [2.45, 2.75) is 19.3 Å². The van der Waals surface area contributed by atoms with Gasteiger partial charge in [0.2, 0.25) is 0 Å². The van der Waals surface area contributed by atoms with Crippen LogP contribution in [0.15, 0.2) is 203 Å². The average Bonchev–Trinajstić information content (AvgIpc) is 3.80. The Morgan fingerprint density at radius 3 is 1.18 bits per heavy atom. The largest absolute Gasteiger partial charge is 0.456 e. The molecule has 0 fully saturated rings. The zero-order valence-electron chi connectivity index (χ0n) is 30.7. The number of hydrogen-bond acceptors (Lipinski definition) is 4. The van der Waals surface area contributed by atoms with E-state index in [1.165, 1.54) is 11.1 Å². The van der Waals surface area contributed by atoms with E-state index in [1.807, 2.05) is 24.3 Å². The second kappa shape index (κ2) is 13.1. The van der Waals surface area contributed by atoms with Crippen LogP contribution in [0.1, 0.15) is 25.0 Å². The van der Waals surface area contributed by atoms with Crippen LogP contribution in [-0.4, -0.2) is 0 Å². The van der Waals surface area contributed by atoms with Gasteiger partial charge in [0.15, 0.2) is 0 Å². The van der Waals surface area contributed by atoms with Gasteiger partial charge >= 0.3 is 0 Å². The van der Waals surface area contributed by atoms with Crippen molar-refractivity contribution in [1.82, 2.24) is 0 Å². The first kappa shape index (κ1) is 32.6. The molecule has 10 rings (SSSR count). The van der Waals surface area contributed by atoms with Gasteiger partial charge in [-0.25, -0.2) is 0 Å². The van der Waals surface area contributed by atoms with Crippen molar-refractivity contribution in [3.63, 3.8) is 0 Å². The Morgan fingerprint density at radius 1 is 0.309 bits per heavy atom. The van der Waals surface area contributed by atoms with E-state index in [1.54, 1.807) is 0 Å². The molecule has 8 aromatic carbocycles. The maximum absolute atomic E-state index is 6.44. The van der Waals surface area contributed by atoms with Gasteiger partial charge < -0.3 is 18.6 Å². The van der Waals surface area contributed by atoms with Gasteiger partial charge in [-0.1, -0.05) is 117 Å². The van der Waals surface area contributed by atoms with E-state index in [0.29, 0.717) is 0 Å². The fourth-order valence-corrected chi connectivity index (χ4v) is 7.99. The summed E-state index contributed by atoms with van der Waals surface area (Å²) < 4.78 is 12.9. The number of para-hydroxylation sites is 4. The predicted octanol–water partition coefficient (Wildman–Crippen LogP) is 14.8. The fraction of sp³-hybridized carbons (Fsp3) is 0.0588. The van der Waals surface area contributed by atoms with Crippen LogP contribution in [0.25, 0.3) is 43.9 Å². The Balaban J connectivity index is 1.23. The quantitative estimate of drug-likeness (QED) is 0.157. The van der Waals surface area contributed by atoms with Gasteiger partial charge in [-0.2, -0.15) is 0 Å². The third kappa shape index (κ3) is 5.71. The molecule has 0 N–H and O–H groups in total. The van der Waals surface area contributed by atoms with E-state index in [9.17, 15) is 0 Å². The molecule has 0 radical (unpaired) electrons. The lowest BCUT2D eigenvalue weighted by Gasteiger charge is -2.33. The zero-order valence-corrected chi connectivity index (χ0v) is 30.7. The summed E-state index contributed by atoms with van der Waals surface area (Å²) in [4.78, 5) is 4.68. The molecule has 2 aromatic heterocycles. The standard InChI is InChI=1S/C51H38N2O2/c1-51(2,35-16-6-3-7-17-35)36-30-41(52(37-18-8-4-9-19-37)39-26-28-45-43-22-12-14-24-47(43)54-49(45)33-39)32-42(31-36)53(38-20-10-5-11-21-38)40-27-29-46-44-23-13-15-25-48(44)55-50(46)34-40/h3-34H,1-2H3. The minimum atomic E-state index is -0.331. The molecule has 0 bridgehead atoms. The van der Waals surface area contributed by atoms with Crippen LogP contribution < -0.4 is 9.80 Å².